The lowest BCUT2D eigenvalue weighted by Gasteiger charge is -2.40. The van der Waals surface area contributed by atoms with Crippen molar-refractivity contribution in [2.75, 3.05) is 18.6 Å². The molecule has 0 bridgehead atoms. The molecule has 1 atom stereocenters. The predicted octanol–water partition coefficient (Wildman–Crippen LogP) is 4.30. The molecule has 1 amide bonds. The number of aliphatic hydroxyl groups excluding tert-OH is 1. The zero-order chi connectivity index (χ0) is 24.0. The summed E-state index contributed by atoms with van der Waals surface area (Å²) in [5, 5.41) is 24.2. The van der Waals surface area contributed by atoms with E-state index in [-0.39, 0.29) is 11.7 Å². The van der Waals surface area contributed by atoms with Crippen LogP contribution < -0.4 is 10.2 Å². The number of benzene rings is 4. The molecule has 0 spiro atoms. The van der Waals surface area contributed by atoms with Gasteiger partial charge in [-0.1, -0.05) is 103 Å². The van der Waals surface area contributed by atoms with Gasteiger partial charge in [-0.15, -0.1) is 0 Å². The van der Waals surface area contributed by atoms with Gasteiger partial charge in [0.1, 0.15) is 11.8 Å². The molecule has 4 aromatic rings. The maximum absolute atomic E-state index is 13.6. The number of nitrogens with zero attached hydrogens (tertiary/aromatic N) is 1. The van der Waals surface area contributed by atoms with Crippen molar-refractivity contribution in [2.24, 2.45) is 0 Å². The topological polar surface area (TPSA) is 72.8 Å². The highest BCUT2D eigenvalue weighted by atomic mass is 16.3. The van der Waals surface area contributed by atoms with Crippen LogP contribution in [0.5, 0.6) is 5.75 Å². The molecule has 0 aliphatic heterocycles. The first-order valence-corrected chi connectivity index (χ1v) is 11.2. The van der Waals surface area contributed by atoms with Crippen molar-refractivity contribution in [3.05, 3.63) is 132 Å². The maximum Gasteiger partial charge on any atom is 0.246 e. The van der Waals surface area contributed by atoms with Gasteiger partial charge < -0.3 is 15.1 Å². The second kappa shape index (κ2) is 10.3. The van der Waals surface area contributed by atoms with E-state index in [1.165, 1.54) is 11.0 Å². The molecule has 0 aromatic heterocycles. The number of aliphatic hydroxyl groups is 1. The fourth-order valence-corrected chi connectivity index (χ4v) is 4.36. The number of hydrogen-bond donors (Lipinski definition) is 3. The third-order valence-electron chi connectivity index (χ3n) is 6.07. The summed E-state index contributed by atoms with van der Waals surface area (Å²) in [6, 6.07) is 35.4. The van der Waals surface area contributed by atoms with Crippen molar-refractivity contribution in [3.63, 3.8) is 0 Å². The minimum atomic E-state index is -0.953. The van der Waals surface area contributed by atoms with Gasteiger partial charge in [-0.2, -0.15) is 0 Å². The molecule has 0 unspecified atom stereocenters. The van der Waals surface area contributed by atoms with Crippen LogP contribution in [0.15, 0.2) is 115 Å². The van der Waals surface area contributed by atoms with Gasteiger partial charge in [0.25, 0.3) is 0 Å². The molecule has 4 rings (SSSR count). The number of hydrogen-bond acceptors (Lipinski definition) is 4. The number of carbonyl (C=O) groups excluding carboxylic acids is 1. The first-order chi connectivity index (χ1) is 16.6. The second-order valence-corrected chi connectivity index (χ2v) is 8.11. The minimum absolute atomic E-state index is 0.00418. The van der Waals surface area contributed by atoms with Crippen LogP contribution in [0.25, 0.3) is 0 Å². The Bertz CT molecular complexity index is 1120. The summed E-state index contributed by atoms with van der Waals surface area (Å²) in [7, 11) is 1.59. The Labute approximate surface area is 199 Å². The molecule has 0 aliphatic carbocycles. The number of anilines is 1. The number of phenols is 1. The Balaban J connectivity index is 1.85. The molecule has 3 N–H and O–H groups in total. The van der Waals surface area contributed by atoms with E-state index >= 15 is 0 Å². The highest BCUT2D eigenvalue weighted by Crippen LogP contribution is 2.37. The molecule has 0 radical (unpaired) electrons. The summed E-state index contributed by atoms with van der Waals surface area (Å²) in [6.07, 6.45) is 0. The van der Waals surface area contributed by atoms with E-state index in [1.54, 1.807) is 25.2 Å². The number of phenolic OH excluding ortho intramolecular Hbond substituents is 1. The van der Waals surface area contributed by atoms with Crippen molar-refractivity contribution in [3.8, 4) is 5.75 Å². The normalized spacial score (nSPS) is 12.2. The summed E-state index contributed by atoms with van der Waals surface area (Å²) in [4.78, 5) is 15.0. The Morgan fingerprint density at radius 2 is 1.18 bits per heavy atom. The number of nitrogens with one attached hydrogen (secondary N) is 1. The van der Waals surface area contributed by atoms with Gasteiger partial charge in [0.2, 0.25) is 5.91 Å². The van der Waals surface area contributed by atoms with Crippen LogP contribution in [-0.2, 0) is 10.3 Å². The molecule has 0 aliphatic rings. The first-order valence-electron chi connectivity index (χ1n) is 11.2. The molecule has 0 heterocycles. The van der Waals surface area contributed by atoms with E-state index in [0.29, 0.717) is 5.69 Å². The van der Waals surface area contributed by atoms with Crippen LogP contribution in [-0.4, -0.2) is 35.8 Å². The van der Waals surface area contributed by atoms with Crippen LogP contribution in [0.3, 0.4) is 0 Å². The zero-order valence-electron chi connectivity index (χ0n) is 19.0. The van der Waals surface area contributed by atoms with E-state index in [2.05, 4.69) is 5.32 Å². The summed E-state index contributed by atoms with van der Waals surface area (Å²) >= 11 is 0. The molecular weight excluding hydrogens is 424 g/mol. The number of carbonyl (C=O) groups is 1. The number of aromatic hydroxyl groups is 1. The lowest BCUT2D eigenvalue weighted by Crippen LogP contribution is -2.57. The molecule has 34 heavy (non-hydrogen) atoms. The monoisotopic (exact) mass is 452 g/mol. The van der Waals surface area contributed by atoms with E-state index in [4.69, 9.17) is 0 Å². The molecule has 172 valence electrons. The predicted molar refractivity (Wildman–Crippen MR) is 135 cm³/mol. The largest absolute Gasteiger partial charge is 0.506 e. The van der Waals surface area contributed by atoms with Crippen LogP contribution in [0.1, 0.15) is 16.7 Å². The van der Waals surface area contributed by atoms with Gasteiger partial charge in [0.15, 0.2) is 0 Å². The molecule has 5 heteroatoms. The van der Waals surface area contributed by atoms with Gasteiger partial charge in [-0.3, -0.25) is 10.1 Å². The molecular formula is C29H28N2O3. The van der Waals surface area contributed by atoms with Gasteiger partial charge in [0, 0.05) is 7.05 Å². The smallest absolute Gasteiger partial charge is 0.246 e. The van der Waals surface area contributed by atoms with Gasteiger partial charge in [-0.25, -0.2) is 0 Å². The third-order valence-corrected chi connectivity index (χ3v) is 6.07. The summed E-state index contributed by atoms with van der Waals surface area (Å²) in [5.74, 6) is -0.369. The Morgan fingerprint density at radius 3 is 1.59 bits per heavy atom. The highest BCUT2D eigenvalue weighted by Gasteiger charge is 2.40. The fraction of sp³-hybridized carbons (Fsp3) is 0.138. The van der Waals surface area contributed by atoms with E-state index < -0.39 is 18.2 Å². The number of rotatable bonds is 8. The maximum atomic E-state index is 13.6. The minimum Gasteiger partial charge on any atom is -0.506 e. The van der Waals surface area contributed by atoms with E-state index in [1.807, 2.05) is 91.0 Å². The lowest BCUT2D eigenvalue weighted by molar-refractivity contribution is -0.121. The van der Waals surface area contributed by atoms with E-state index in [0.717, 1.165) is 16.7 Å². The number of amides is 1. The molecule has 0 saturated carbocycles. The molecule has 0 saturated heterocycles. The van der Waals surface area contributed by atoms with Crippen molar-refractivity contribution in [1.82, 2.24) is 5.32 Å². The van der Waals surface area contributed by atoms with Gasteiger partial charge in [0.05, 0.1) is 17.8 Å². The fourth-order valence-electron chi connectivity index (χ4n) is 4.36. The Morgan fingerprint density at radius 1 is 0.765 bits per heavy atom. The average molecular weight is 453 g/mol. The molecule has 0 fully saturated rings. The lowest BCUT2D eigenvalue weighted by atomic mass is 9.76. The molecule has 5 nitrogen and oxygen atoms in total. The third kappa shape index (κ3) is 4.44. The van der Waals surface area contributed by atoms with Crippen molar-refractivity contribution >= 4 is 11.6 Å². The van der Waals surface area contributed by atoms with Crippen LogP contribution in [0.4, 0.5) is 5.69 Å². The SMILES string of the molecule is CN(C(=O)[C@H](CO)NC(c1ccccc1)(c1ccccc1)c1ccccc1)c1ccccc1O. The van der Waals surface area contributed by atoms with Crippen LogP contribution >= 0.6 is 0 Å². The summed E-state index contributed by atoms with van der Waals surface area (Å²) in [6.45, 7) is -0.426. The Hall–Kier alpha value is -3.93. The van der Waals surface area contributed by atoms with Gasteiger partial charge >= 0.3 is 0 Å². The second-order valence-electron chi connectivity index (χ2n) is 8.11. The Kier molecular flexibility index (Phi) is 7.07. The quantitative estimate of drug-likeness (QED) is 0.349. The van der Waals surface area contributed by atoms with Crippen molar-refractivity contribution in [1.29, 1.82) is 0 Å². The zero-order valence-corrected chi connectivity index (χ0v) is 19.0. The first kappa shape index (κ1) is 23.2. The van der Waals surface area contributed by atoms with Crippen LogP contribution in [0, 0.1) is 0 Å². The van der Waals surface area contributed by atoms with E-state index in [9.17, 15) is 15.0 Å². The highest BCUT2D eigenvalue weighted by molar-refractivity contribution is 5.98. The summed E-state index contributed by atoms with van der Waals surface area (Å²) in [5.41, 5.74) is 2.26. The van der Waals surface area contributed by atoms with Crippen LogP contribution in [0.2, 0.25) is 0 Å². The number of para-hydroxylation sites is 2. The standard InChI is InChI=1S/C29H28N2O3/c1-31(26-19-11-12-20-27(26)33)28(34)25(21-32)30-29(22-13-5-2-6-14-22,23-15-7-3-8-16-23)24-17-9-4-10-18-24/h2-20,25,30,32-33H,21H2,1H3/t25-/m0/s1. The van der Waals surface area contributed by atoms with Crippen molar-refractivity contribution < 1.29 is 15.0 Å². The summed E-state index contributed by atoms with van der Waals surface area (Å²) < 4.78 is 0. The number of likely N-dealkylation sites (N-methyl/N-ethyl adjacent to an activating group) is 1. The van der Waals surface area contributed by atoms with Crippen molar-refractivity contribution in [2.45, 2.75) is 11.6 Å². The average Bonchev–Trinajstić information content (AvgIpc) is 2.91. The van der Waals surface area contributed by atoms with Gasteiger partial charge in [-0.05, 0) is 28.8 Å². The molecule has 4 aromatic carbocycles.